The van der Waals surface area contributed by atoms with Gasteiger partial charge in [0, 0.05) is 19.5 Å². The van der Waals surface area contributed by atoms with E-state index in [1.807, 2.05) is 6.92 Å². The highest BCUT2D eigenvalue weighted by Gasteiger charge is 2.12. The first-order valence-corrected chi connectivity index (χ1v) is 5.63. The molecule has 1 aromatic heterocycles. The Hall–Kier alpha value is -0.940. The standard InChI is InChI=1S/C10H18N4O/c1-2-10-12-9(13-15-10)8-14-6-3-4-11-5-7-14/h11H,2-8H2,1H3. The average molecular weight is 210 g/mol. The summed E-state index contributed by atoms with van der Waals surface area (Å²) in [6.07, 6.45) is 2.01. The summed E-state index contributed by atoms with van der Waals surface area (Å²) in [6.45, 7) is 7.18. The fourth-order valence-corrected chi connectivity index (χ4v) is 1.76. The van der Waals surface area contributed by atoms with E-state index in [1.165, 1.54) is 6.42 Å². The van der Waals surface area contributed by atoms with Crippen LogP contribution in [0, 0.1) is 0 Å². The molecule has 1 aliphatic heterocycles. The predicted molar refractivity (Wildman–Crippen MR) is 56.4 cm³/mol. The van der Waals surface area contributed by atoms with E-state index < -0.39 is 0 Å². The number of aromatic nitrogens is 2. The number of hydrogen-bond donors (Lipinski definition) is 1. The second-order valence-electron chi connectivity index (χ2n) is 3.84. The van der Waals surface area contributed by atoms with Crippen LogP contribution in [-0.4, -0.2) is 41.2 Å². The quantitative estimate of drug-likeness (QED) is 0.784. The molecule has 0 unspecified atom stereocenters. The van der Waals surface area contributed by atoms with Crippen molar-refractivity contribution < 1.29 is 4.52 Å². The Morgan fingerprint density at radius 3 is 3.13 bits per heavy atom. The van der Waals surface area contributed by atoms with Crippen LogP contribution < -0.4 is 5.32 Å². The van der Waals surface area contributed by atoms with E-state index in [2.05, 4.69) is 20.4 Å². The fourth-order valence-electron chi connectivity index (χ4n) is 1.76. The Balaban J connectivity index is 1.89. The molecule has 1 N–H and O–H groups in total. The number of rotatable bonds is 3. The first kappa shape index (κ1) is 10.6. The van der Waals surface area contributed by atoms with Gasteiger partial charge in [-0.2, -0.15) is 4.98 Å². The van der Waals surface area contributed by atoms with E-state index in [0.29, 0.717) is 0 Å². The second-order valence-corrected chi connectivity index (χ2v) is 3.84. The van der Waals surface area contributed by atoms with Crippen molar-refractivity contribution in [2.24, 2.45) is 0 Å². The third-order valence-electron chi connectivity index (χ3n) is 2.61. The maximum absolute atomic E-state index is 5.08. The molecule has 84 valence electrons. The summed E-state index contributed by atoms with van der Waals surface area (Å²) in [7, 11) is 0. The molecule has 0 bridgehead atoms. The molecule has 5 heteroatoms. The zero-order chi connectivity index (χ0) is 10.5. The summed E-state index contributed by atoms with van der Waals surface area (Å²) in [5.41, 5.74) is 0. The van der Waals surface area contributed by atoms with E-state index in [9.17, 15) is 0 Å². The van der Waals surface area contributed by atoms with Gasteiger partial charge in [0.1, 0.15) is 0 Å². The molecular formula is C10H18N4O. The maximum atomic E-state index is 5.08. The molecule has 15 heavy (non-hydrogen) atoms. The van der Waals surface area contributed by atoms with Crippen molar-refractivity contribution in [2.45, 2.75) is 26.3 Å². The molecule has 1 saturated heterocycles. The van der Waals surface area contributed by atoms with E-state index in [-0.39, 0.29) is 0 Å². The van der Waals surface area contributed by atoms with Gasteiger partial charge in [-0.15, -0.1) is 0 Å². The van der Waals surface area contributed by atoms with Crippen LogP contribution in [0.5, 0.6) is 0 Å². The molecular weight excluding hydrogens is 192 g/mol. The van der Waals surface area contributed by atoms with Gasteiger partial charge in [-0.05, 0) is 19.5 Å². The zero-order valence-corrected chi connectivity index (χ0v) is 9.20. The van der Waals surface area contributed by atoms with Crippen molar-refractivity contribution in [3.63, 3.8) is 0 Å². The van der Waals surface area contributed by atoms with Crippen LogP contribution in [0.25, 0.3) is 0 Å². The van der Waals surface area contributed by atoms with Crippen LogP contribution in [0.15, 0.2) is 4.52 Å². The summed E-state index contributed by atoms with van der Waals surface area (Å²) in [5, 5.41) is 7.34. The van der Waals surface area contributed by atoms with Crippen molar-refractivity contribution in [1.82, 2.24) is 20.4 Å². The van der Waals surface area contributed by atoms with Crippen LogP contribution in [0.3, 0.4) is 0 Å². The minimum absolute atomic E-state index is 0.734. The molecule has 0 spiro atoms. The van der Waals surface area contributed by atoms with Gasteiger partial charge in [0.05, 0.1) is 6.54 Å². The molecule has 1 aromatic rings. The highest BCUT2D eigenvalue weighted by atomic mass is 16.5. The SMILES string of the molecule is CCc1nc(CN2CCCNCC2)no1. The lowest BCUT2D eigenvalue weighted by Crippen LogP contribution is -2.28. The van der Waals surface area contributed by atoms with Gasteiger partial charge in [-0.25, -0.2) is 0 Å². The summed E-state index contributed by atoms with van der Waals surface area (Å²) in [4.78, 5) is 6.68. The highest BCUT2D eigenvalue weighted by molar-refractivity contribution is 4.86. The number of hydrogen-bond acceptors (Lipinski definition) is 5. The van der Waals surface area contributed by atoms with Crippen LogP contribution in [-0.2, 0) is 13.0 Å². The minimum atomic E-state index is 0.734. The fraction of sp³-hybridized carbons (Fsp3) is 0.800. The van der Waals surface area contributed by atoms with Crippen LogP contribution in [0.1, 0.15) is 25.1 Å². The Bertz CT molecular complexity index is 291. The van der Waals surface area contributed by atoms with Crippen LogP contribution in [0.4, 0.5) is 0 Å². The third-order valence-corrected chi connectivity index (χ3v) is 2.61. The van der Waals surface area contributed by atoms with E-state index in [0.717, 1.165) is 50.9 Å². The second kappa shape index (κ2) is 5.23. The van der Waals surface area contributed by atoms with Gasteiger partial charge < -0.3 is 9.84 Å². The summed E-state index contributed by atoms with van der Waals surface area (Å²) < 4.78 is 5.08. The lowest BCUT2D eigenvalue weighted by atomic mass is 10.4. The molecule has 0 radical (unpaired) electrons. The van der Waals surface area contributed by atoms with Crippen molar-refractivity contribution >= 4 is 0 Å². The van der Waals surface area contributed by atoms with Crippen molar-refractivity contribution in [3.8, 4) is 0 Å². The molecule has 0 atom stereocenters. The third kappa shape index (κ3) is 3.00. The first-order chi connectivity index (χ1) is 7.38. The Morgan fingerprint density at radius 1 is 1.40 bits per heavy atom. The van der Waals surface area contributed by atoms with Gasteiger partial charge in [-0.3, -0.25) is 4.90 Å². The van der Waals surface area contributed by atoms with Crippen molar-refractivity contribution in [3.05, 3.63) is 11.7 Å². The lowest BCUT2D eigenvalue weighted by molar-refractivity contribution is 0.270. The molecule has 0 aliphatic carbocycles. The summed E-state index contributed by atoms with van der Waals surface area (Å²) >= 11 is 0. The molecule has 0 amide bonds. The molecule has 2 heterocycles. The summed E-state index contributed by atoms with van der Waals surface area (Å²) in [6, 6.07) is 0. The Kier molecular flexibility index (Phi) is 3.69. The molecule has 2 rings (SSSR count). The van der Waals surface area contributed by atoms with Gasteiger partial charge in [0.2, 0.25) is 5.89 Å². The Labute approximate surface area is 89.8 Å². The molecule has 1 fully saturated rings. The lowest BCUT2D eigenvalue weighted by Gasteiger charge is -2.16. The average Bonchev–Trinajstić information content (AvgIpc) is 2.54. The Morgan fingerprint density at radius 2 is 2.33 bits per heavy atom. The summed E-state index contributed by atoms with van der Waals surface area (Å²) in [5.74, 6) is 1.55. The number of nitrogens with zero attached hydrogens (tertiary/aromatic N) is 3. The van der Waals surface area contributed by atoms with Crippen LogP contribution >= 0.6 is 0 Å². The monoisotopic (exact) mass is 210 g/mol. The highest BCUT2D eigenvalue weighted by Crippen LogP contribution is 2.04. The van der Waals surface area contributed by atoms with Gasteiger partial charge in [0.25, 0.3) is 0 Å². The van der Waals surface area contributed by atoms with E-state index >= 15 is 0 Å². The topological polar surface area (TPSA) is 54.2 Å². The zero-order valence-electron chi connectivity index (χ0n) is 9.20. The van der Waals surface area contributed by atoms with Crippen molar-refractivity contribution in [1.29, 1.82) is 0 Å². The maximum Gasteiger partial charge on any atom is 0.226 e. The van der Waals surface area contributed by atoms with Gasteiger partial charge in [-0.1, -0.05) is 12.1 Å². The molecule has 1 aliphatic rings. The van der Waals surface area contributed by atoms with E-state index in [1.54, 1.807) is 0 Å². The van der Waals surface area contributed by atoms with Gasteiger partial charge in [0.15, 0.2) is 5.82 Å². The predicted octanol–water partition coefficient (Wildman–Crippen LogP) is 0.427. The first-order valence-electron chi connectivity index (χ1n) is 5.63. The molecule has 5 nitrogen and oxygen atoms in total. The molecule has 0 aromatic carbocycles. The number of nitrogens with one attached hydrogen (secondary N) is 1. The van der Waals surface area contributed by atoms with E-state index in [4.69, 9.17) is 4.52 Å². The van der Waals surface area contributed by atoms with Gasteiger partial charge >= 0.3 is 0 Å². The minimum Gasteiger partial charge on any atom is -0.339 e. The normalized spacial score (nSPS) is 19.0. The number of aryl methyl sites for hydroxylation is 1. The van der Waals surface area contributed by atoms with Crippen molar-refractivity contribution in [2.75, 3.05) is 26.2 Å². The smallest absolute Gasteiger partial charge is 0.226 e. The molecule has 0 saturated carbocycles. The largest absolute Gasteiger partial charge is 0.339 e. The van der Waals surface area contributed by atoms with Crippen LogP contribution in [0.2, 0.25) is 0 Å².